The van der Waals surface area contributed by atoms with Crippen molar-refractivity contribution >= 4 is 5.82 Å². The van der Waals surface area contributed by atoms with Crippen molar-refractivity contribution in [3.63, 3.8) is 0 Å². The van der Waals surface area contributed by atoms with Crippen LogP contribution in [0, 0.1) is 0 Å². The number of pyridine rings is 1. The van der Waals surface area contributed by atoms with Crippen LogP contribution < -0.4 is 4.90 Å². The summed E-state index contributed by atoms with van der Waals surface area (Å²) in [5.41, 5.74) is 1.27. The Morgan fingerprint density at radius 1 is 1.50 bits per heavy atom. The van der Waals surface area contributed by atoms with Gasteiger partial charge >= 0.3 is 0 Å². The lowest BCUT2D eigenvalue weighted by molar-refractivity contribution is 0.266. The van der Waals surface area contributed by atoms with Crippen LogP contribution in [-0.4, -0.2) is 29.3 Å². The van der Waals surface area contributed by atoms with Crippen molar-refractivity contribution in [2.24, 2.45) is 0 Å². The molecular weight excluding hydrogens is 200 g/mol. The average molecular weight is 220 g/mol. The molecule has 2 heterocycles. The first-order valence-corrected chi connectivity index (χ1v) is 6.06. The van der Waals surface area contributed by atoms with E-state index in [4.69, 9.17) is 0 Å². The van der Waals surface area contributed by atoms with Crippen LogP contribution in [0.5, 0.6) is 0 Å². The van der Waals surface area contributed by atoms with Gasteiger partial charge in [-0.3, -0.25) is 0 Å². The summed E-state index contributed by atoms with van der Waals surface area (Å²) in [6.45, 7) is 5.58. The Morgan fingerprint density at radius 3 is 2.88 bits per heavy atom. The van der Waals surface area contributed by atoms with Crippen LogP contribution in [-0.2, 0) is 0 Å². The third kappa shape index (κ3) is 2.19. The van der Waals surface area contributed by atoms with E-state index in [1.54, 1.807) is 0 Å². The lowest BCUT2D eigenvalue weighted by atomic mass is 10.1. The highest BCUT2D eigenvalue weighted by Gasteiger charge is 2.24. The van der Waals surface area contributed by atoms with Gasteiger partial charge in [0.25, 0.3) is 0 Å². The van der Waals surface area contributed by atoms with E-state index in [9.17, 15) is 5.11 Å². The van der Waals surface area contributed by atoms with E-state index in [2.05, 4.69) is 35.9 Å². The number of hydrogen-bond acceptors (Lipinski definition) is 3. The summed E-state index contributed by atoms with van der Waals surface area (Å²) >= 11 is 0. The fourth-order valence-corrected chi connectivity index (χ4v) is 2.24. The Hall–Kier alpha value is -1.09. The lowest BCUT2D eigenvalue weighted by Crippen LogP contribution is -2.32. The van der Waals surface area contributed by atoms with E-state index in [1.165, 1.54) is 5.56 Å². The second-order valence-corrected chi connectivity index (χ2v) is 4.78. The van der Waals surface area contributed by atoms with Gasteiger partial charge in [-0.25, -0.2) is 4.98 Å². The number of aliphatic hydroxyl groups is 1. The van der Waals surface area contributed by atoms with Crippen LogP contribution in [0.4, 0.5) is 5.82 Å². The zero-order valence-corrected chi connectivity index (χ0v) is 10.1. The molecule has 1 fully saturated rings. The number of aliphatic hydroxyl groups excluding tert-OH is 1. The van der Waals surface area contributed by atoms with Gasteiger partial charge in [-0.2, -0.15) is 0 Å². The van der Waals surface area contributed by atoms with Crippen LogP contribution >= 0.6 is 0 Å². The number of anilines is 1. The molecule has 0 radical (unpaired) electrons. The molecule has 1 aliphatic rings. The molecule has 1 N–H and O–H groups in total. The zero-order valence-electron chi connectivity index (χ0n) is 10.1. The SMILES string of the molecule is CC(C)c1ccc(N2CCCC2CO)nc1. The summed E-state index contributed by atoms with van der Waals surface area (Å²) in [7, 11) is 0. The quantitative estimate of drug-likeness (QED) is 0.848. The van der Waals surface area contributed by atoms with E-state index >= 15 is 0 Å². The van der Waals surface area contributed by atoms with Gasteiger partial charge in [0.15, 0.2) is 0 Å². The van der Waals surface area contributed by atoms with Crippen LogP contribution in [0.1, 0.15) is 38.2 Å². The van der Waals surface area contributed by atoms with E-state index < -0.39 is 0 Å². The minimum absolute atomic E-state index is 0.230. The zero-order chi connectivity index (χ0) is 11.5. The van der Waals surface area contributed by atoms with Crippen molar-refractivity contribution in [3.8, 4) is 0 Å². The number of hydrogen-bond donors (Lipinski definition) is 1. The molecule has 3 nitrogen and oxygen atoms in total. The van der Waals surface area contributed by atoms with Crippen LogP contribution in [0.25, 0.3) is 0 Å². The largest absolute Gasteiger partial charge is 0.394 e. The Morgan fingerprint density at radius 2 is 2.31 bits per heavy atom. The maximum atomic E-state index is 9.27. The molecule has 0 bridgehead atoms. The number of rotatable bonds is 3. The van der Waals surface area contributed by atoms with Crippen molar-refractivity contribution in [1.82, 2.24) is 4.98 Å². The van der Waals surface area contributed by atoms with Crippen molar-refractivity contribution < 1.29 is 5.11 Å². The molecule has 1 aromatic heterocycles. The van der Waals surface area contributed by atoms with Gasteiger partial charge in [-0.1, -0.05) is 19.9 Å². The van der Waals surface area contributed by atoms with Gasteiger partial charge in [-0.15, -0.1) is 0 Å². The molecular formula is C13H20N2O. The maximum absolute atomic E-state index is 9.27. The van der Waals surface area contributed by atoms with Crippen molar-refractivity contribution in [2.75, 3.05) is 18.1 Å². The van der Waals surface area contributed by atoms with Gasteiger partial charge < -0.3 is 10.0 Å². The van der Waals surface area contributed by atoms with Gasteiger partial charge in [0, 0.05) is 12.7 Å². The molecule has 0 aliphatic carbocycles. The fourth-order valence-electron chi connectivity index (χ4n) is 2.24. The van der Waals surface area contributed by atoms with Gasteiger partial charge in [0.1, 0.15) is 5.82 Å². The molecule has 0 amide bonds. The van der Waals surface area contributed by atoms with E-state index in [0.717, 1.165) is 25.2 Å². The third-order valence-electron chi connectivity index (χ3n) is 3.32. The Kier molecular flexibility index (Phi) is 3.44. The molecule has 1 aliphatic heterocycles. The normalized spacial score (nSPS) is 20.8. The molecule has 0 saturated carbocycles. The molecule has 1 aromatic rings. The molecule has 0 spiro atoms. The fraction of sp³-hybridized carbons (Fsp3) is 0.615. The maximum Gasteiger partial charge on any atom is 0.128 e. The molecule has 2 rings (SSSR count). The summed E-state index contributed by atoms with van der Waals surface area (Å²) in [4.78, 5) is 6.71. The first-order valence-electron chi connectivity index (χ1n) is 6.06. The monoisotopic (exact) mass is 220 g/mol. The van der Waals surface area contributed by atoms with Crippen LogP contribution in [0.2, 0.25) is 0 Å². The molecule has 16 heavy (non-hydrogen) atoms. The van der Waals surface area contributed by atoms with Gasteiger partial charge in [-0.05, 0) is 30.4 Å². The molecule has 1 atom stereocenters. The van der Waals surface area contributed by atoms with Gasteiger partial charge in [0.05, 0.1) is 12.6 Å². The summed E-state index contributed by atoms with van der Waals surface area (Å²) in [6, 6.07) is 4.47. The van der Waals surface area contributed by atoms with E-state index in [-0.39, 0.29) is 12.6 Å². The second-order valence-electron chi connectivity index (χ2n) is 4.78. The Balaban J connectivity index is 2.15. The van der Waals surface area contributed by atoms with Crippen LogP contribution in [0.15, 0.2) is 18.3 Å². The minimum atomic E-state index is 0.230. The van der Waals surface area contributed by atoms with Gasteiger partial charge in [0.2, 0.25) is 0 Å². The molecule has 88 valence electrons. The Labute approximate surface area is 97.1 Å². The topological polar surface area (TPSA) is 36.4 Å². The predicted octanol–water partition coefficient (Wildman–Crippen LogP) is 2.17. The van der Waals surface area contributed by atoms with Crippen molar-refractivity contribution in [2.45, 2.75) is 38.6 Å². The molecule has 3 heteroatoms. The molecule has 1 unspecified atom stereocenters. The van der Waals surface area contributed by atoms with E-state index in [1.807, 2.05) is 6.20 Å². The average Bonchev–Trinajstić information content (AvgIpc) is 2.77. The number of aromatic nitrogens is 1. The summed E-state index contributed by atoms with van der Waals surface area (Å²) in [6.07, 6.45) is 4.18. The summed E-state index contributed by atoms with van der Waals surface area (Å²) < 4.78 is 0. The summed E-state index contributed by atoms with van der Waals surface area (Å²) in [5, 5.41) is 9.27. The van der Waals surface area contributed by atoms with Crippen molar-refractivity contribution in [3.05, 3.63) is 23.9 Å². The second kappa shape index (κ2) is 4.83. The lowest BCUT2D eigenvalue weighted by Gasteiger charge is -2.24. The first-order chi connectivity index (χ1) is 7.72. The molecule has 1 saturated heterocycles. The van der Waals surface area contributed by atoms with E-state index in [0.29, 0.717) is 5.92 Å². The smallest absolute Gasteiger partial charge is 0.128 e. The summed E-state index contributed by atoms with van der Waals surface area (Å²) in [5.74, 6) is 1.52. The molecule has 0 aromatic carbocycles. The third-order valence-corrected chi connectivity index (χ3v) is 3.32. The number of nitrogens with zero attached hydrogens (tertiary/aromatic N) is 2. The highest BCUT2D eigenvalue weighted by atomic mass is 16.3. The predicted molar refractivity (Wildman–Crippen MR) is 65.8 cm³/mol. The minimum Gasteiger partial charge on any atom is -0.394 e. The highest BCUT2D eigenvalue weighted by molar-refractivity contribution is 5.42. The first kappa shape index (κ1) is 11.4. The highest BCUT2D eigenvalue weighted by Crippen LogP contribution is 2.24. The van der Waals surface area contributed by atoms with Crippen LogP contribution in [0.3, 0.4) is 0 Å². The Bertz CT molecular complexity index is 334. The standard InChI is InChI=1S/C13H20N2O/c1-10(2)11-5-6-13(14-8-11)15-7-3-4-12(15)9-16/h5-6,8,10,12,16H,3-4,7,9H2,1-2H3. The van der Waals surface area contributed by atoms with Crippen molar-refractivity contribution in [1.29, 1.82) is 0 Å².